The van der Waals surface area contributed by atoms with Crippen molar-refractivity contribution in [2.24, 2.45) is 5.92 Å². The van der Waals surface area contributed by atoms with E-state index in [2.05, 4.69) is 5.32 Å². The molecular weight excluding hydrogens is 271 g/mol. The van der Waals surface area contributed by atoms with Crippen molar-refractivity contribution in [3.63, 3.8) is 0 Å². The fourth-order valence-electron chi connectivity index (χ4n) is 2.81. The Morgan fingerprint density at radius 3 is 2.53 bits per heavy atom. The summed E-state index contributed by atoms with van der Waals surface area (Å²) < 4.78 is 39.0. The molecule has 1 fully saturated rings. The zero-order valence-electron chi connectivity index (χ0n) is 11.3. The summed E-state index contributed by atoms with van der Waals surface area (Å²) in [4.78, 5) is 2.31. The molecule has 2 rings (SSSR count). The van der Waals surface area contributed by atoms with E-state index in [0.29, 0.717) is 12.8 Å². The Morgan fingerprint density at radius 1 is 1.26 bits per heavy atom. The zero-order valence-corrected chi connectivity index (χ0v) is 12.1. The van der Waals surface area contributed by atoms with Gasteiger partial charge in [0.1, 0.15) is 0 Å². The predicted molar refractivity (Wildman–Crippen MR) is 72.4 cm³/mol. The van der Waals surface area contributed by atoms with E-state index in [1.807, 2.05) is 26.0 Å². The van der Waals surface area contributed by atoms with Gasteiger partial charge >= 0.3 is 6.18 Å². The van der Waals surface area contributed by atoms with E-state index in [1.165, 1.54) is 4.88 Å². The second kappa shape index (κ2) is 5.83. The Hall–Kier alpha value is -0.550. The van der Waals surface area contributed by atoms with Crippen LogP contribution < -0.4 is 5.32 Å². The van der Waals surface area contributed by atoms with Gasteiger partial charge in [0.05, 0.1) is 5.92 Å². The van der Waals surface area contributed by atoms with Crippen LogP contribution in [0.3, 0.4) is 0 Å². The van der Waals surface area contributed by atoms with Gasteiger partial charge in [-0.25, -0.2) is 0 Å². The highest BCUT2D eigenvalue weighted by molar-refractivity contribution is 7.12. The Bertz CT molecular complexity index is 413. The van der Waals surface area contributed by atoms with Crippen molar-refractivity contribution in [3.05, 3.63) is 21.9 Å². The lowest BCUT2D eigenvalue weighted by Crippen LogP contribution is -2.46. The number of alkyl halides is 3. The Balaban J connectivity index is 2.03. The van der Waals surface area contributed by atoms with E-state index < -0.39 is 18.1 Å². The second-order valence-electron chi connectivity index (χ2n) is 5.38. The first kappa shape index (κ1) is 14.9. The SMILES string of the molecule is Cc1ccc(C(C)NC2CCCCC2C(F)(F)F)s1. The van der Waals surface area contributed by atoms with Crippen molar-refractivity contribution in [1.29, 1.82) is 0 Å². The van der Waals surface area contributed by atoms with E-state index in [9.17, 15) is 13.2 Å². The number of hydrogen-bond donors (Lipinski definition) is 1. The molecule has 3 atom stereocenters. The lowest BCUT2D eigenvalue weighted by Gasteiger charge is -2.35. The maximum Gasteiger partial charge on any atom is 0.393 e. The van der Waals surface area contributed by atoms with Crippen molar-refractivity contribution in [2.45, 2.75) is 57.8 Å². The summed E-state index contributed by atoms with van der Waals surface area (Å²) in [7, 11) is 0. The van der Waals surface area contributed by atoms with Crippen LogP contribution in [-0.2, 0) is 0 Å². The fraction of sp³-hybridized carbons (Fsp3) is 0.714. The minimum Gasteiger partial charge on any atom is -0.306 e. The average molecular weight is 291 g/mol. The fourth-order valence-corrected chi connectivity index (χ4v) is 3.70. The van der Waals surface area contributed by atoms with E-state index in [4.69, 9.17) is 0 Å². The molecule has 1 aliphatic rings. The van der Waals surface area contributed by atoms with Crippen LogP contribution >= 0.6 is 11.3 Å². The number of aryl methyl sites for hydroxylation is 1. The molecule has 3 unspecified atom stereocenters. The molecule has 1 heterocycles. The van der Waals surface area contributed by atoms with Gasteiger partial charge in [-0.2, -0.15) is 13.2 Å². The second-order valence-corrected chi connectivity index (χ2v) is 6.70. The normalized spacial score (nSPS) is 26.4. The summed E-state index contributed by atoms with van der Waals surface area (Å²) in [5, 5.41) is 3.20. The number of rotatable bonds is 3. The topological polar surface area (TPSA) is 12.0 Å². The molecule has 1 aliphatic carbocycles. The van der Waals surface area contributed by atoms with E-state index in [1.54, 1.807) is 11.3 Å². The average Bonchev–Trinajstić information content (AvgIpc) is 2.75. The highest BCUT2D eigenvalue weighted by Crippen LogP contribution is 2.38. The van der Waals surface area contributed by atoms with Gasteiger partial charge in [-0.15, -0.1) is 11.3 Å². The first-order valence-electron chi connectivity index (χ1n) is 6.77. The summed E-state index contributed by atoms with van der Waals surface area (Å²) in [6, 6.07) is 3.57. The van der Waals surface area contributed by atoms with Crippen LogP contribution in [0.15, 0.2) is 12.1 Å². The third-order valence-electron chi connectivity index (χ3n) is 3.84. The van der Waals surface area contributed by atoms with Gasteiger partial charge in [0.25, 0.3) is 0 Å². The summed E-state index contributed by atoms with van der Waals surface area (Å²) in [6.45, 7) is 3.97. The van der Waals surface area contributed by atoms with Gasteiger partial charge in [-0.1, -0.05) is 12.8 Å². The van der Waals surface area contributed by atoms with Crippen LogP contribution in [0.1, 0.15) is 48.4 Å². The number of halogens is 3. The number of nitrogens with one attached hydrogen (secondary N) is 1. The molecule has 0 amide bonds. The van der Waals surface area contributed by atoms with Crippen molar-refractivity contribution >= 4 is 11.3 Å². The van der Waals surface area contributed by atoms with Crippen LogP contribution in [-0.4, -0.2) is 12.2 Å². The molecule has 0 radical (unpaired) electrons. The van der Waals surface area contributed by atoms with Gasteiger partial charge in [0.15, 0.2) is 0 Å². The molecule has 0 bridgehead atoms. The summed E-state index contributed by atoms with van der Waals surface area (Å²) in [6.07, 6.45) is -1.62. The maximum atomic E-state index is 13.0. The van der Waals surface area contributed by atoms with Crippen LogP contribution in [0, 0.1) is 12.8 Å². The van der Waals surface area contributed by atoms with Gasteiger partial charge in [0.2, 0.25) is 0 Å². The molecule has 0 aromatic carbocycles. The van der Waals surface area contributed by atoms with Crippen LogP contribution in [0.4, 0.5) is 13.2 Å². The van der Waals surface area contributed by atoms with Crippen molar-refractivity contribution in [1.82, 2.24) is 5.32 Å². The molecule has 1 saturated carbocycles. The summed E-state index contributed by atoms with van der Waals surface area (Å²) in [5.41, 5.74) is 0. The standard InChI is InChI=1S/C14H20F3NS/c1-9-7-8-13(19-9)10(2)18-12-6-4-3-5-11(12)14(15,16)17/h7-8,10-12,18H,3-6H2,1-2H3. The molecule has 1 aromatic rings. The molecule has 1 N–H and O–H groups in total. The summed E-state index contributed by atoms with van der Waals surface area (Å²) in [5.74, 6) is -1.19. The van der Waals surface area contributed by atoms with Crippen molar-refractivity contribution in [3.8, 4) is 0 Å². The summed E-state index contributed by atoms with van der Waals surface area (Å²) >= 11 is 1.65. The molecule has 0 spiro atoms. The van der Waals surface area contributed by atoms with Crippen LogP contribution in [0.5, 0.6) is 0 Å². The van der Waals surface area contributed by atoms with Crippen LogP contribution in [0.2, 0.25) is 0 Å². The Morgan fingerprint density at radius 2 is 1.95 bits per heavy atom. The quantitative estimate of drug-likeness (QED) is 0.841. The zero-order chi connectivity index (χ0) is 14.0. The molecule has 0 saturated heterocycles. The highest BCUT2D eigenvalue weighted by Gasteiger charge is 2.45. The molecule has 1 aromatic heterocycles. The number of hydrogen-bond acceptors (Lipinski definition) is 2. The molecule has 108 valence electrons. The smallest absolute Gasteiger partial charge is 0.306 e. The minimum atomic E-state index is -4.08. The monoisotopic (exact) mass is 291 g/mol. The highest BCUT2D eigenvalue weighted by atomic mass is 32.1. The lowest BCUT2D eigenvalue weighted by atomic mass is 9.83. The first-order chi connectivity index (χ1) is 8.88. The Labute approximate surface area is 116 Å². The number of thiophene rings is 1. The van der Waals surface area contributed by atoms with Gasteiger partial charge in [0, 0.05) is 21.8 Å². The van der Waals surface area contributed by atoms with Crippen molar-refractivity contribution in [2.75, 3.05) is 0 Å². The molecule has 0 aliphatic heterocycles. The largest absolute Gasteiger partial charge is 0.393 e. The lowest BCUT2D eigenvalue weighted by molar-refractivity contribution is -0.189. The Kier molecular flexibility index (Phi) is 4.56. The van der Waals surface area contributed by atoms with Gasteiger partial charge in [-0.3, -0.25) is 0 Å². The molecule has 1 nitrogen and oxygen atoms in total. The van der Waals surface area contributed by atoms with Crippen molar-refractivity contribution < 1.29 is 13.2 Å². The molecule has 5 heteroatoms. The third kappa shape index (κ3) is 3.72. The van der Waals surface area contributed by atoms with E-state index in [0.717, 1.165) is 11.3 Å². The predicted octanol–water partition coefficient (Wildman–Crippen LogP) is 4.83. The first-order valence-corrected chi connectivity index (χ1v) is 7.58. The third-order valence-corrected chi connectivity index (χ3v) is 5.02. The van der Waals surface area contributed by atoms with E-state index in [-0.39, 0.29) is 12.5 Å². The maximum absolute atomic E-state index is 13.0. The molecular formula is C14H20F3NS. The van der Waals surface area contributed by atoms with E-state index >= 15 is 0 Å². The molecule has 19 heavy (non-hydrogen) atoms. The van der Waals surface area contributed by atoms with Crippen LogP contribution in [0.25, 0.3) is 0 Å². The van der Waals surface area contributed by atoms with Gasteiger partial charge < -0.3 is 5.32 Å². The minimum absolute atomic E-state index is 0.00773. The van der Waals surface area contributed by atoms with Gasteiger partial charge in [-0.05, 0) is 38.8 Å².